The molecule has 1 aromatic carbocycles. The van der Waals surface area contributed by atoms with E-state index in [1.165, 1.54) is 13.2 Å². The molecule has 0 saturated carbocycles. The molecule has 0 fully saturated rings. The molecule has 1 N–H and O–H groups in total. The number of carbonyl (C=O) groups excluding carboxylic acids is 1. The molecule has 0 aromatic heterocycles. The van der Waals surface area contributed by atoms with Gasteiger partial charge in [-0.3, -0.25) is 0 Å². The van der Waals surface area contributed by atoms with Gasteiger partial charge in [0.2, 0.25) is 0 Å². The SMILES string of the molecule is CCOc1ccc(CCNC=C=CC(=O)OC)cc1OCC. The highest BCUT2D eigenvalue weighted by molar-refractivity contribution is 5.81. The zero-order chi connectivity index (χ0) is 16.2. The molecule has 22 heavy (non-hydrogen) atoms. The Balaban J connectivity index is 2.54. The molecule has 0 aliphatic carbocycles. The molecule has 120 valence electrons. The van der Waals surface area contributed by atoms with E-state index in [0.717, 1.165) is 30.0 Å². The first-order valence-electron chi connectivity index (χ1n) is 7.32. The fraction of sp³-hybridized carbons (Fsp3) is 0.412. The molecule has 1 aromatic rings. The molecule has 0 heterocycles. The molecule has 0 spiro atoms. The smallest absolute Gasteiger partial charge is 0.338 e. The number of hydrogen-bond acceptors (Lipinski definition) is 5. The molecule has 0 unspecified atom stereocenters. The third-order valence-corrected chi connectivity index (χ3v) is 2.75. The Kier molecular flexibility index (Phi) is 8.31. The summed E-state index contributed by atoms with van der Waals surface area (Å²) in [6.45, 7) is 5.83. The van der Waals surface area contributed by atoms with E-state index in [1.807, 2.05) is 32.0 Å². The molecule has 0 bridgehead atoms. The number of esters is 1. The summed E-state index contributed by atoms with van der Waals surface area (Å²) in [5.41, 5.74) is 3.84. The summed E-state index contributed by atoms with van der Waals surface area (Å²) < 4.78 is 15.6. The average molecular weight is 305 g/mol. The Bertz CT molecular complexity index is 533. The molecular formula is C17H23NO4. The summed E-state index contributed by atoms with van der Waals surface area (Å²) in [6, 6.07) is 5.93. The van der Waals surface area contributed by atoms with Gasteiger partial charge in [-0.2, -0.15) is 0 Å². The van der Waals surface area contributed by atoms with Crippen LogP contribution in [0.4, 0.5) is 0 Å². The molecule has 1 rings (SSSR count). The summed E-state index contributed by atoms with van der Waals surface area (Å²) in [5, 5.41) is 3.06. The van der Waals surface area contributed by atoms with Gasteiger partial charge in [0, 0.05) is 12.7 Å². The number of carbonyl (C=O) groups is 1. The highest BCUT2D eigenvalue weighted by atomic mass is 16.5. The first kappa shape index (κ1) is 17.7. The standard InChI is InChI=1S/C17H23NO4/c1-4-21-15-9-8-14(13-16(15)22-5-2)10-12-18-11-6-7-17(19)20-3/h7-9,11,13,18H,4-5,10,12H2,1-3H3. The van der Waals surface area contributed by atoms with Crippen LogP contribution in [0.15, 0.2) is 36.2 Å². The van der Waals surface area contributed by atoms with Crippen LogP contribution >= 0.6 is 0 Å². The maximum Gasteiger partial charge on any atom is 0.338 e. The van der Waals surface area contributed by atoms with Crippen LogP contribution in [0, 0.1) is 0 Å². The van der Waals surface area contributed by atoms with Crippen molar-refractivity contribution in [3.8, 4) is 11.5 Å². The zero-order valence-corrected chi connectivity index (χ0v) is 13.3. The minimum atomic E-state index is -0.425. The quantitative estimate of drug-likeness (QED) is 0.329. The maximum atomic E-state index is 10.8. The molecular weight excluding hydrogens is 282 g/mol. The van der Waals surface area contributed by atoms with Gasteiger partial charge in [0.25, 0.3) is 0 Å². The van der Waals surface area contributed by atoms with Gasteiger partial charge in [0.1, 0.15) is 0 Å². The minimum absolute atomic E-state index is 0.425. The van der Waals surface area contributed by atoms with E-state index in [0.29, 0.717) is 13.2 Å². The van der Waals surface area contributed by atoms with E-state index in [1.54, 1.807) is 6.20 Å². The van der Waals surface area contributed by atoms with Crippen molar-refractivity contribution in [2.75, 3.05) is 26.9 Å². The van der Waals surface area contributed by atoms with Gasteiger partial charge in [0.15, 0.2) is 11.5 Å². The molecule has 0 aliphatic heterocycles. The molecule has 5 nitrogen and oxygen atoms in total. The van der Waals surface area contributed by atoms with Crippen LogP contribution < -0.4 is 14.8 Å². The van der Waals surface area contributed by atoms with Crippen LogP contribution in [-0.4, -0.2) is 32.8 Å². The Labute approximate surface area is 131 Å². The largest absolute Gasteiger partial charge is 0.490 e. The zero-order valence-electron chi connectivity index (χ0n) is 13.3. The van der Waals surface area contributed by atoms with Crippen LogP contribution in [-0.2, 0) is 16.0 Å². The van der Waals surface area contributed by atoms with Crippen molar-refractivity contribution in [1.29, 1.82) is 0 Å². The molecule has 5 heteroatoms. The predicted molar refractivity (Wildman–Crippen MR) is 85.2 cm³/mol. The molecule has 0 aliphatic rings. The Morgan fingerprint density at radius 1 is 1.23 bits per heavy atom. The van der Waals surface area contributed by atoms with Gasteiger partial charge < -0.3 is 19.5 Å². The summed E-state index contributed by atoms with van der Waals surface area (Å²) in [5.74, 6) is 1.11. The fourth-order valence-corrected chi connectivity index (χ4v) is 1.77. The van der Waals surface area contributed by atoms with E-state index in [4.69, 9.17) is 9.47 Å². The molecule has 0 saturated heterocycles. The van der Waals surface area contributed by atoms with Crippen molar-refractivity contribution < 1.29 is 19.0 Å². The second-order valence-electron chi connectivity index (χ2n) is 4.33. The van der Waals surface area contributed by atoms with E-state index in [9.17, 15) is 4.79 Å². The summed E-state index contributed by atoms with van der Waals surface area (Å²) in [7, 11) is 1.33. The number of methoxy groups -OCH3 is 1. The lowest BCUT2D eigenvalue weighted by atomic mass is 10.1. The first-order valence-corrected chi connectivity index (χ1v) is 7.32. The van der Waals surface area contributed by atoms with Crippen LogP contribution in [0.3, 0.4) is 0 Å². The molecule has 0 atom stereocenters. The Morgan fingerprint density at radius 3 is 2.64 bits per heavy atom. The Hall–Kier alpha value is -2.39. The maximum absolute atomic E-state index is 10.8. The van der Waals surface area contributed by atoms with Gasteiger partial charge >= 0.3 is 5.97 Å². The van der Waals surface area contributed by atoms with E-state index in [2.05, 4.69) is 15.8 Å². The van der Waals surface area contributed by atoms with E-state index < -0.39 is 5.97 Å². The van der Waals surface area contributed by atoms with Gasteiger partial charge in [-0.05, 0) is 38.0 Å². The van der Waals surface area contributed by atoms with Gasteiger partial charge in [-0.25, -0.2) is 4.79 Å². The first-order chi connectivity index (χ1) is 10.7. The van der Waals surface area contributed by atoms with E-state index >= 15 is 0 Å². The van der Waals surface area contributed by atoms with Crippen molar-refractivity contribution in [3.63, 3.8) is 0 Å². The van der Waals surface area contributed by atoms with Crippen LogP contribution in [0.25, 0.3) is 0 Å². The topological polar surface area (TPSA) is 56.8 Å². The third kappa shape index (κ3) is 6.37. The third-order valence-electron chi connectivity index (χ3n) is 2.75. The van der Waals surface area contributed by atoms with Crippen molar-refractivity contribution in [2.24, 2.45) is 0 Å². The highest BCUT2D eigenvalue weighted by Gasteiger charge is 2.05. The van der Waals surface area contributed by atoms with Gasteiger partial charge in [-0.1, -0.05) is 11.8 Å². The highest BCUT2D eigenvalue weighted by Crippen LogP contribution is 2.28. The number of hydrogen-bond donors (Lipinski definition) is 1. The van der Waals surface area contributed by atoms with Crippen molar-refractivity contribution in [1.82, 2.24) is 5.32 Å². The van der Waals surface area contributed by atoms with Gasteiger partial charge in [-0.15, -0.1) is 0 Å². The number of rotatable bonds is 9. The van der Waals surface area contributed by atoms with Crippen LogP contribution in [0.5, 0.6) is 11.5 Å². The molecule has 0 radical (unpaired) electrons. The summed E-state index contributed by atoms with van der Waals surface area (Å²) in [6.07, 6.45) is 3.65. The van der Waals surface area contributed by atoms with Crippen LogP contribution in [0.2, 0.25) is 0 Å². The average Bonchev–Trinajstić information content (AvgIpc) is 2.53. The lowest BCUT2D eigenvalue weighted by Gasteiger charge is -2.12. The van der Waals surface area contributed by atoms with Gasteiger partial charge in [0.05, 0.1) is 26.4 Å². The second-order valence-corrected chi connectivity index (χ2v) is 4.33. The van der Waals surface area contributed by atoms with Crippen molar-refractivity contribution in [3.05, 3.63) is 41.8 Å². The number of ether oxygens (including phenoxy) is 3. The summed E-state index contributed by atoms with van der Waals surface area (Å²) >= 11 is 0. The fourth-order valence-electron chi connectivity index (χ4n) is 1.77. The predicted octanol–water partition coefficient (Wildman–Crippen LogP) is 2.46. The summed E-state index contributed by atoms with van der Waals surface area (Å²) in [4.78, 5) is 10.8. The van der Waals surface area contributed by atoms with Crippen LogP contribution in [0.1, 0.15) is 19.4 Å². The Morgan fingerprint density at radius 2 is 1.95 bits per heavy atom. The molecule has 0 amide bonds. The lowest BCUT2D eigenvalue weighted by molar-refractivity contribution is -0.134. The minimum Gasteiger partial charge on any atom is -0.490 e. The second kappa shape index (κ2) is 10.4. The monoisotopic (exact) mass is 305 g/mol. The van der Waals surface area contributed by atoms with E-state index in [-0.39, 0.29) is 0 Å². The lowest BCUT2D eigenvalue weighted by Crippen LogP contribution is -2.09. The van der Waals surface area contributed by atoms with Crippen molar-refractivity contribution in [2.45, 2.75) is 20.3 Å². The number of benzene rings is 1. The number of nitrogens with one attached hydrogen (secondary N) is 1. The van der Waals surface area contributed by atoms with Crippen molar-refractivity contribution >= 4 is 5.97 Å². The normalized spacial score (nSPS) is 9.41.